The Morgan fingerprint density at radius 1 is 1.48 bits per heavy atom. The smallest absolute Gasteiger partial charge is 0.410 e. The minimum absolute atomic E-state index is 0.0323. The molecule has 1 saturated heterocycles. The molecule has 1 unspecified atom stereocenters. The molecular weight excluding hydrogens is 300 g/mol. The summed E-state index contributed by atoms with van der Waals surface area (Å²) in [5.74, 6) is -0.995. The average molecular weight is 313 g/mol. The van der Waals surface area contributed by atoms with Gasteiger partial charge in [-0.2, -0.15) is 0 Å². The van der Waals surface area contributed by atoms with Crippen LogP contribution in [0, 0.1) is 0 Å². The van der Waals surface area contributed by atoms with Gasteiger partial charge in [-0.25, -0.2) is 9.59 Å². The Morgan fingerprint density at radius 3 is 2.76 bits per heavy atom. The third-order valence-corrected chi connectivity index (χ3v) is 3.40. The zero-order valence-electron chi connectivity index (χ0n) is 11.4. The Labute approximate surface area is 125 Å². The van der Waals surface area contributed by atoms with Gasteiger partial charge in [-0.15, -0.1) is 0 Å². The summed E-state index contributed by atoms with van der Waals surface area (Å²) in [5, 5.41) is 2.84. The van der Waals surface area contributed by atoms with Crippen LogP contribution in [0.2, 0.25) is 5.02 Å². The molecule has 2 amide bonds. The Bertz CT molecular complexity index is 604. The standard InChI is InChI=1S/C13H13ClN2O5/c1-16-10(6-21-13(16)19)11(17)15-9-5-7(12(18)20-2)3-4-8(9)14/h3-5,10H,6H2,1-2H3,(H,15,17). The van der Waals surface area contributed by atoms with Gasteiger partial charge in [0.2, 0.25) is 0 Å². The topological polar surface area (TPSA) is 84.9 Å². The highest BCUT2D eigenvalue weighted by atomic mass is 35.5. The van der Waals surface area contributed by atoms with E-state index in [1.54, 1.807) is 0 Å². The van der Waals surface area contributed by atoms with Crippen LogP contribution in [0.5, 0.6) is 0 Å². The number of carbonyl (C=O) groups excluding carboxylic acids is 3. The number of ether oxygens (including phenoxy) is 2. The van der Waals surface area contributed by atoms with Gasteiger partial charge in [0.05, 0.1) is 23.4 Å². The van der Waals surface area contributed by atoms with E-state index in [4.69, 9.17) is 16.3 Å². The van der Waals surface area contributed by atoms with E-state index >= 15 is 0 Å². The lowest BCUT2D eigenvalue weighted by Gasteiger charge is -2.16. The van der Waals surface area contributed by atoms with E-state index in [9.17, 15) is 14.4 Å². The van der Waals surface area contributed by atoms with Crippen LogP contribution in [0.4, 0.5) is 10.5 Å². The molecule has 0 spiro atoms. The first-order chi connectivity index (χ1) is 9.93. The van der Waals surface area contributed by atoms with Gasteiger partial charge in [-0.3, -0.25) is 9.69 Å². The maximum absolute atomic E-state index is 12.1. The molecule has 0 saturated carbocycles. The molecular formula is C13H13ClN2O5. The van der Waals surface area contributed by atoms with E-state index in [2.05, 4.69) is 10.1 Å². The largest absolute Gasteiger partial charge is 0.465 e. The minimum atomic E-state index is -0.740. The number of esters is 1. The molecule has 2 rings (SSSR count). The lowest BCUT2D eigenvalue weighted by Crippen LogP contribution is -2.40. The number of benzene rings is 1. The summed E-state index contributed by atoms with van der Waals surface area (Å²) in [6, 6.07) is 3.63. The second-order valence-corrected chi connectivity index (χ2v) is 4.79. The first kappa shape index (κ1) is 15.1. The van der Waals surface area contributed by atoms with Crippen molar-refractivity contribution in [3.63, 3.8) is 0 Å². The van der Waals surface area contributed by atoms with E-state index in [0.717, 1.165) is 0 Å². The summed E-state index contributed by atoms with van der Waals surface area (Å²) < 4.78 is 9.36. The van der Waals surface area contributed by atoms with Crippen molar-refractivity contribution in [3.8, 4) is 0 Å². The maximum atomic E-state index is 12.1. The van der Waals surface area contributed by atoms with Crippen molar-refractivity contribution in [1.29, 1.82) is 0 Å². The number of halogens is 1. The zero-order chi connectivity index (χ0) is 15.6. The van der Waals surface area contributed by atoms with E-state index in [1.807, 2.05) is 0 Å². The molecule has 21 heavy (non-hydrogen) atoms. The van der Waals surface area contributed by atoms with Gasteiger partial charge in [0.25, 0.3) is 5.91 Å². The molecule has 0 radical (unpaired) electrons. The number of rotatable bonds is 3. The molecule has 7 nitrogen and oxygen atoms in total. The molecule has 0 aliphatic carbocycles. The first-order valence-electron chi connectivity index (χ1n) is 6.02. The van der Waals surface area contributed by atoms with Gasteiger partial charge in [0.15, 0.2) is 0 Å². The van der Waals surface area contributed by atoms with E-state index in [0.29, 0.717) is 0 Å². The van der Waals surface area contributed by atoms with E-state index < -0.39 is 24.0 Å². The third kappa shape index (κ3) is 3.08. The molecule has 1 aliphatic rings. The molecule has 1 atom stereocenters. The highest BCUT2D eigenvalue weighted by Gasteiger charge is 2.35. The molecule has 1 aromatic carbocycles. The molecule has 1 N–H and O–H groups in total. The van der Waals surface area contributed by atoms with Gasteiger partial charge in [0, 0.05) is 7.05 Å². The fraction of sp³-hybridized carbons (Fsp3) is 0.308. The van der Waals surface area contributed by atoms with Crippen LogP contribution in [-0.4, -0.2) is 49.7 Å². The van der Waals surface area contributed by atoms with Gasteiger partial charge < -0.3 is 14.8 Å². The lowest BCUT2D eigenvalue weighted by molar-refractivity contribution is -0.119. The van der Waals surface area contributed by atoms with Crippen molar-refractivity contribution in [2.45, 2.75) is 6.04 Å². The molecule has 0 aromatic heterocycles. The van der Waals surface area contributed by atoms with Crippen molar-refractivity contribution in [3.05, 3.63) is 28.8 Å². The quantitative estimate of drug-likeness (QED) is 0.855. The van der Waals surface area contributed by atoms with Gasteiger partial charge >= 0.3 is 12.1 Å². The SMILES string of the molecule is COC(=O)c1ccc(Cl)c(NC(=O)C2COC(=O)N2C)c1. The van der Waals surface area contributed by atoms with Crippen LogP contribution in [0.3, 0.4) is 0 Å². The van der Waals surface area contributed by atoms with Gasteiger partial charge in [-0.05, 0) is 18.2 Å². The van der Waals surface area contributed by atoms with Crippen LogP contribution in [0.25, 0.3) is 0 Å². The van der Waals surface area contributed by atoms with Crippen LogP contribution >= 0.6 is 11.6 Å². The van der Waals surface area contributed by atoms with Crippen LogP contribution < -0.4 is 5.32 Å². The Morgan fingerprint density at radius 2 is 2.19 bits per heavy atom. The highest BCUT2D eigenvalue weighted by molar-refractivity contribution is 6.34. The average Bonchev–Trinajstić information content (AvgIpc) is 2.80. The third-order valence-electron chi connectivity index (χ3n) is 3.07. The normalized spacial score (nSPS) is 17.4. The fourth-order valence-corrected chi connectivity index (χ4v) is 1.99. The summed E-state index contributed by atoms with van der Waals surface area (Å²) >= 11 is 5.98. The summed E-state index contributed by atoms with van der Waals surface area (Å²) in [5.41, 5.74) is 0.515. The zero-order valence-corrected chi connectivity index (χ0v) is 12.1. The van der Waals surface area contributed by atoms with Crippen molar-refractivity contribution >= 4 is 35.3 Å². The predicted molar refractivity (Wildman–Crippen MR) is 74.3 cm³/mol. The Hall–Kier alpha value is -2.28. The second-order valence-electron chi connectivity index (χ2n) is 4.38. The highest BCUT2D eigenvalue weighted by Crippen LogP contribution is 2.24. The molecule has 8 heteroatoms. The van der Waals surface area contributed by atoms with Gasteiger partial charge in [0.1, 0.15) is 12.6 Å². The van der Waals surface area contributed by atoms with Crippen molar-refractivity contribution in [1.82, 2.24) is 4.90 Å². The fourth-order valence-electron chi connectivity index (χ4n) is 1.82. The van der Waals surface area contributed by atoms with Crippen LogP contribution in [0.1, 0.15) is 10.4 Å². The number of amides is 2. The summed E-state index contributed by atoms with van der Waals surface area (Å²) in [4.78, 5) is 36.0. The van der Waals surface area contributed by atoms with E-state index in [-0.39, 0.29) is 22.9 Å². The number of nitrogens with zero attached hydrogens (tertiary/aromatic N) is 1. The number of hydrogen-bond acceptors (Lipinski definition) is 5. The maximum Gasteiger partial charge on any atom is 0.410 e. The minimum Gasteiger partial charge on any atom is -0.465 e. The predicted octanol–water partition coefficient (Wildman–Crippen LogP) is 1.52. The van der Waals surface area contributed by atoms with Crippen molar-refractivity contribution in [2.24, 2.45) is 0 Å². The van der Waals surface area contributed by atoms with Crippen molar-refractivity contribution in [2.75, 3.05) is 26.1 Å². The molecule has 1 aromatic rings. The number of likely N-dealkylation sites (N-methyl/N-ethyl adjacent to an activating group) is 1. The van der Waals surface area contributed by atoms with Crippen LogP contribution in [0.15, 0.2) is 18.2 Å². The first-order valence-corrected chi connectivity index (χ1v) is 6.40. The van der Waals surface area contributed by atoms with Crippen molar-refractivity contribution < 1.29 is 23.9 Å². The van der Waals surface area contributed by atoms with E-state index in [1.165, 1.54) is 37.3 Å². The van der Waals surface area contributed by atoms with Crippen LogP contribution in [-0.2, 0) is 14.3 Å². The lowest BCUT2D eigenvalue weighted by atomic mass is 10.2. The molecule has 1 aliphatic heterocycles. The number of hydrogen-bond donors (Lipinski definition) is 1. The second kappa shape index (κ2) is 6.01. The molecule has 0 bridgehead atoms. The summed E-state index contributed by atoms with van der Waals surface area (Å²) in [7, 11) is 2.72. The Kier molecular flexibility index (Phi) is 4.32. The number of carbonyl (C=O) groups is 3. The molecule has 1 fully saturated rings. The number of nitrogens with one attached hydrogen (secondary N) is 1. The van der Waals surface area contributed by atoms with Gasteiger partial charge in [-0.1, -0.05) is 11.6 Å². The monoisotopic (exact) mass is 312 g/mol. The summed E-state index contributed by atoms with van der Waals surface area (Å²) in [6.07, 6.45) is -0.565. The number of methoxy groups -OCH3 is 1. The Balaban J connectivity index is 2.17. The number of anilines is 1. The molecule has 1 heterocycles. The number of cyclic esters (lactones) is 1. The summed E-state index contributed by atoms with van der Waals surface area (Å²) in [6.45, 7) is -0.0323. The molecule has 112 valence electrons.